The molecule has 0 aliphatic heterocycles. The Morgan fingerprint density at radius 1 is 1.69 bits per heavy atom. The lowest BCUT2D eigenvalue weighted by Crippen LogP contribution is -2.24. The second-order valence-electron chi connectivity index (χ2n) is 3.69. The van der Waals surface area contributed by atoms with E-state index < -0.39 is 0 Å². The molecule has 0 bridgehead atoms. The van der Waals surface area contributed by atoms with Crippen molar-refractivity contribution in [1.82, 2.24) is 5.32 Å². The van der Waals surface area contributed by atoms with Gasteiger partial charge in [-0.2, -0.15) is 0 Å². The molecule has 0 saturated heterocycles. The molecule has 0 radical (unpaired) electrons. The minimum absolute atomic E-state index is 0.306. The van der Waals surface area contributed by atoms with Crippen LogP contribution in [0.1, 0.15) is 32.6 Å². The van der Waals surface area contributed by atoms with E-state index in [2.05, 4.69) is 17.4 Å². The Balaban J connectivity index is 1.97. The van der Waals surface area contributed by atoms with Crippen molar-refractivity contribution < 1.29 is 5.21 Å². The fourth-order valence-corrected chi connectivity index (χ4v) is 1.62. The molecule has 1 aliphatic carbocycles. The molecular weight excluding hydrogens is 166 g/mol. The molecule has 4 nitrogen and oxygen atoms in total. The molecule has 0 aromatic rings. The van der Waals surface area contributed by atoms with Crippen LogP contribution in [-0.2, 0) is 0 Å². The third-order valence-corrected chi connectivity index (χ3v) is 2.50. The zero-order chi connectivity index (χ0) is 9.68. The maximum absolute atomic E-state index is 8.29. The molecule has 2 atom stereocenters. The Morgan fingerprint density at radius 2 is 2.46 bits per heavy atom. The lowest BCUT2D eigenvalue weighted by Gasteiger charge is -2.02. The highest BCUT2D eigenvalue weighted by Gasteiger charge is 2.34. The van der Waals surface area contributed by atoms with Crippen LogP contribution in [-0.4, -0.2) is 23.6 Å². The maximum atomic E-state index is 8.29. The lowest BCUT2D eigenvalue weighted by molar-refractivity contribution is 0.316. The van der Waals surface area contributed by atoms with Gasteiger partial charge in [-0.3, -0.25) is 0 Å². The van der Waals surface area contributed by atoms with E-state index in [0.717, 1.165) is 12.5 Å². The summed E-state index contributed by atoms with van der Waals surface area (Å²) in [5, 5.41) is 14.6. The Hall–Kier alpha value is -0.770. The number of amidine groups is 1. The molecule has 4 heteroatoms. The van der Waals surface area contributed by atoms with Gasteiger partial charge in [-0.05, 0) is 18.8 Å². The number of nitrogens with two attached hydrogens (primary N) is 1. The topological polar surface area (TPSA) is 70.6 Å². The molecule has 1 rings (SSSR count). The molecule has 0 heterocycles. The summed E-state index contributed by atoms with van der Waals surface area (Å²) in [6, 6.07) is 0.687. The Kier molecular flexibility index (Phi) is 4.02. The molecule has 0 aromatic heterocycles. The predicted molar refractivity (Wildman–Crippen MR) is 52.8 cm³/mol. The minimum atomic E-state index is 0.306. The zero-order valence-electron chi connectivity index (χ0n) is 8.16. The number of nitrogens with zero attached hydrogens (tertiary/aromatic N) is 1. The van der Waals surface area contributed by atoms with Crippen LogP contribution in [0.4, 0.5) is 0 Å². The van der Waals surface area contributed by atoms with E-state index in [1.165, 1.54) is 19.3 Å². The summed E-state index contributed by atoms with van der Waals surface area (Å²) in [5.74, 6) is 1.18. The standard InChI is InChI=1S/C9H19N3O/c1-2-3-7-6-8(7)11-5-4-9(10)12-13/h7-8,11,13H,2-6H2,1H3,(H2,10,12). The van der Waals surface area contributed by atoms with Gasteiger partial charge >= 0.3 is 0 Å². The molecule has 1 fully saturated rings. The molecule has 0 amide bonds. The summed E-state index contributed by atoms with van der Waals surface area (Å²) >= 11 is 0. The number of hydrogen-bond acceptors (Lipinski definition) is 3. The van der Waals surface area contributed by atoms with Crippen LogP contribution in [0.15, 0.2) is 5.16 Å². The van der Waals surface area contributed by atoms with Gasteiger partial charge in [-0.1, -0.05) is 18.5 Å². The van der Waals surface area contributed by atoms with E-state index in [1.807, 2.05) is 0 Å². The van der Waals surface area contributed by atoms with Crippen LogP contribution in [0.25, 0.3) is 0 Å². The predicted octanol–water partition coefficient (Wildman–Crippen LogP) is 0.901. The zero-order valence-corrected chi connectivity index (χ0v) is 8.16. The fraction of sp³-hybridized carbons (Fsp3) is 0.889. The molecule has 2 unspecified atom stereocenters. The van der Waals surface area contributed by atoms with Gasteiger partial charge in [0.15, 0.2) is 0 Å². The van der Waals surface area contributed by atoms with Crippen LogP contribution in [0.5, 0.6) is 0 Å². The average Bonchev–Trinajstić information content (AvgIpc) is 2.84. The van der Waals surface area contributed by atoms with Crippen molar-refractivity contribution in [3.63, 3.8) is 0 Å². The quantitative estimate of drug-likeness (QED) is 0.249. The summed E-state index contributed by atoms with van der Waals surface area (Å²) < 4.78 is 0. The van der Waals surface area contributed by atoms with Crippen molar-refractivity contribution in [2.45, 2.75) is 38.6 Å². The van der Waals surface area contributed by atoms with Crippen molar-refractivity contribution >= 4 is 5.84 Å². The van der Waals surface area contributed by atoms with Crippen molar-refractivity contribution in [3.8, 4) is 0 Å². The van der Waals surface area contributed by atoms with Crippen molar-refractivity contribution in [1.29, 1.82) is 0 Å². The summed E-state index contributed by atoms with van der Waals surface area (Å²) in [7, 11) is 0. The summed E-state index contributed by atoms with van der Waals surface area (Å²) in [6.07, 6.45) is 4.51. The first-order chi connectivity index (χ1) is 6.27. The smallest absolute Gasteiger partial charge is 0.140 e. The van der Waals surface area contributed by atoms with Gasteiger partial charge in [0.05, 0.1) is 0 Å². The first kappa shape index (κ1) is 10.3. The average molecular weight is 185 g/mol. The Morgan fingerprint density at radius 3 is 3.08 bits per heavy atom. The molecule has 4 N–H and O–H groups in total. The number of rotatable bonds is 6. The van der Waals surface area contributed by atoms with Crippen molar-refractivity contribution in [3.05, 3.63) is 0 Å². The summed E-state index contributed by atoms with van der Waals surface area (Å²) in [6.45, 7) is 3.03. The van der Waals surface area contributed by atoms with E-state index >= 15 is 0 Å². The number of hydrogen-bond donors (Lipinski definition) is 3. The third kappa shape index (κ3) is 3.63. The molecule has 13 heavy (non-hydrogen) atoms. The van der Waals surface area contributed by atoms with Crippen LogP contribution >= 0.6 is 0 Å². The molecule has 1 aliphatic rings. The molecule has 0 aromatic carbocycles. The summed E-state index contributed by atoms with van der Waals surface area (Å²) in [5.41, 5.74) is 5.33. The first-order valence-electron chi connectivity index (χ1n) is 4.97. The van der Waals surface area contributed by atoms with Gasteiger partial charge in [0.2, 0.25) is 0 Å². The number of oxime groups is 1. The van der Waals surface area contributed by atoms with Crippen molar-refractivity contribution in [2.75, 3.05) is 6.54 Å². The Bertz CT molecular complexity index is 182. The highest BCUT2D eigenvalue weighted by molar-refractivity contribution is 5.79. The summed E-state index contributed by atoms with van der Waals surface area (Å²) in [4.78, 5) is 0. The highest BCUT2D eigenvalue weighted by Crippen LogP contribution is 2.34. The van der Waals surface area contributed by atoms with Gasteiger partial charge in [-0.15, -0.1) is 0 Å². The lowest BCUT2D eigenvalue weighted by atomic mass is 10.2. The highest BCUT2D eigenvalue weighted by atomic mass is 16.4. The Labute approximate surface area is 79.2 Å². The van der Waals surface area contributed by atoms with Gasteiger partial charge in [0.1, 0.15) is 5.84 Å². The van der Waals surface area contributed by atoms with E-state index in [9.17, 15) is 0 Å². The third-order valence-electron chi connectivity index (χ3n) is 2.50. The van der Waals surface area contributed by atoms with Gasteiger partial charge in [-0.25, -0.2) is 0 Å². The molecule has 0 spiro atoms. The monoisotopic (exact) mass is 185 g/mol. The fourth-order valence-electron chi connectivity index (χ4n) is 1.62. The van der Waals surface area contributed by atoms with E-state index in [1.54, 1.807) is 0 Å². The SMILES string of the molecule is CCCC1CC1NCCC(N)=NO. The van der Waals surface area contributed by atoms with E-state index in [4.69, 9.17) is 10.9 Å². The number of nitrogens with one attached hydrogen (secondary N) is 1. The maximum Gasteiger partial charge on any atom is 0.140 e. The van der Waals surface area contributed by atoms with E-state index in [-0.39, 0.29) is 0 Å². The van der Waals surface area contributed by atoms with Gasteiger partial charge in [0.25, 0.3) is 0 Å². The second-order valence-corrected chi connectivity index (χ2v) is 3.69. The van der Waals surface area contributed by atoms with Crippen LogP contribution < -0.4 is 11.1 Å². The van der Waals surface area contributed by atoms with Crippen LogP contribution in [0.3, 0.4) is 0 Å². The molecular formula is C9H19N3O. The van der Waals surface area contributed by atoms with Crippen LogP contribution in [0, 0.1) is 5.92 Å². The van der Waals surface area contributed by atoms with Crippen LogP contribution in [0.2, 0.25) is 0 Å². The first-order valence-corrected chi connectivity index (χ1v) is 4.97. The molecule has 1 saturated carbocycles. The largest absolute Gasteiger partial charge is 0.409 e. The van der Waals surface area contributed by atoms with Crippen molar-refractivity contribution in [2.24, 2.45) is 16.8 Å². The second kappa shape index (κ2) is 5.07. The molecule has 76 valence electrons. The van der Waals surface area contributed by atoms with Gasteiger partial charge in [0, 0.05) is 19.0 Å². The minimum Gasteiger partial charge on any atom is -0.409 e. The van der Waals surface area contributed by atoms with Gasteiger partial charge < -0.3 is 16.3 Å². The normalized spacial score (nSPS) is 27.6. The van der Waals surface area contributed by atoms with E-state index in [0.29, 0.717) is 18.3 Å².